The van der Waals surface area contributed by atoms with E-state index in [1.54, 1.807) is 0 Å². The maximum Gasteiger partial charge on any atom is 0.191 e. The van der Waals surface area contributed by atoms with Crippen molar-refractivity contribution in [2.75, 3.05) is 39.8 Å². The van der Waals surface area contributed by atoms with E-state index in [1.165, 1.54) is 9.88 Å². The van der Waals surface area contributed by atoms with E-state index < -0.39 is 0 Å². The molecule has 2 heterocycles. The van der Waals surface area contributed by atoms with Crippen molar-refractivity contribution in [3.63, 3.8) is 0 Å². The molecule has 0 spiro atoms. The summed E-state index contributed by atoms with van der Waals surface area (Å²) in [6.45, 7) is 11.3. The SMILES string of the molecule is CCc1cnc(CCNC(=NC)NC2CCN(CCOC(C)C)CC2)s1. The molecule has 0 radical (unpaired) electrons. The van der Waals surface area contributed by atoms with Gasteiger partial charge < -0.3 is 20.3 Å². The first-order chi connectivity index (χ1) is 12.6. The first-order valence-corrected chi connectivity index (χ1v) is 10.7. The zero-order chi connectivity index (χ0) is 18.8. The lowest BCUT2D eigenvalue weighted by Crippen LogP contribution is -2.49. The van der Waals surface area contributed by atoms with Crippen LogP contribution in [0.1, 0.15) is 43.5 Å². The summed E-state index contributed by atoms with van der Waals surface area (Å²) in [6, 6.07) is 0.495. The third-order valence-corrected chi connectivity index (χ3v) is 5.79. The van der Waals surface area contributed by atoms with E-state index >= 15 is 0 Å². The van der Waals surface area contributed by atoms with Crippen LogP contribution in [0.25, 0.3) is 0 Å². The van der Waals surface area contributed by atoms with Gasteiger partial charge in [0.25, 0.3) is 0 Å². The average molecular weight is 382 g/mol. The lowest BCUT2D eigenvalue weighted by Gasteiger charge is -2.33. The molecular formula is C19H35N5OS. The van der Waals surface area contributed by atoms with Gasteiger partial charge in [-0.2, -0.15) is 0 Å². The van der Waals surface area contributed by atoms with Crippen molar-refractivity contribution in [3.05, 3.63) is 16.1 Å². The van der Waals surface area contributed by atoms with Crippen LogP contribution >= 0.6 is 11.3 Å². The summed E-state index contributed by atoms with van der Waals surface area (Å²) in [5.41, 5.74) is 0. The lowest BCUT2D eigenvalue weighted by atomic mass is 10.1. The largest absolute Gasteiger partial charge is 0.377 e. The molecular weight excluding hydrogens is 346 g/mol. The number of hydrogen-bond donors (Lipinski definition) is 2. The molecule has 1 aliphatic rings. The second-order valence-electron chi connectivity index (χ2n) is 7.00. The maximum absolute atomic E-state index is 5.65. The normalized spacial score (nSPS) is 17.0. The van der Waals surface area contributed by atoms with Crippen molar-refractivity contribution >= 4 is 17.3 Å². The summed E-state index contributed by atoms with van der Waals surface area (Å²) in [7, 11) is 1.84. The van der Waals surface area contributed by atoms with E-state index in [2.05, 4.69) is 46.3 Å². The Morgan fingerprint density at radius 1 is 1.42 bits per heavy atom. The molecule has 148 valence electrons. The molecule has 0 aromatic carbocycles. The minimum absolute atomic E-state index is 0.321. The van der Waals surface area contributed by atoms with Crippen LogP contribution in [0.2, 0.25) is 0 Å². The minimum atomic E-state index is 0.321. The highest BCUT2D eigenvalue weighted by Gasteiger charge is 2.19. The number of guanidine groups is 1. The molecule has 0 aliphatic carbocycles. The molecule has 0 bridgehead atoms. The molecule has 0 amide bonds. The van der Waals surface area contributed by atoms with Gasteiger partial charge in [-0.1, -0.05) is 6.92 Å². The molecule has 0 unspecified atom stereocenters. The fraction of sp³-hybridized carbons (Fsp3) is 0.789. The molecule has 2 N–H and O–H groups in total. The number of likely N-dealkylation sites (tertiary alicyclic amines) is 1. The predicted octanol–water partition coefficient (Wildman–Crippen LogP) is 2.30. The van der Waals surface area contributed by atoms with Gasteiger partial charge in [0, 0.05) is 56.8 Å². The molecule has 1 aromatic rings. The van der Waals surface area contributed by atoms with Gasteiger partial charge in [-0.05, 0) is 33.1 Å². The van der Waals surface area contributed by atoms with Gasteiger partial charge in [0.2, 0.25) is 0 Å². The average Bonchev–Trinajstić information content (AvgIpc) is 3.10. The van der Waals surface area contributed by atoms with Crippen molar-refractivity contribution in [1.29, 1.82) is 0 Å². The second-order valence-corrected chi connectivity index (χ2v) is 8.20. The summed E-state index contributed by atoms with van der Waals surface area (Å²) in [5, 5.41) is 8.19. The van der Waals surface area contributed by atoms with Gasteiger partial charge >= 0.3 is 0 Å². The highest BCUT2D eigenvalue weighted by Crippen LogP contribution is 2.13. The van der Waals surface area contributed by atoms with Crippen LogP contribution in [0, 0.1) is 0 Å². The predicted molar refractivity (Wildman–Crippen MR) is 110 cm³/mol. The Labute approximate surface area is 162 Å². The van der Waals surface area contributed by atoms with Crippen molar-refractivity contribution in [2.24, 2.45) is 4.99 Å². The smallest absolute Gasteiger partial charge is 0.191 e. The molecule has 26 heavy (non-hydrogen) atoms. The third-order valence-electron chi connectivity index (χ3n) is 4.59. The topological polar surface area (TPSA) is 61.8 Å². The molecule has 7 heteroatoms. The Balaban J connectivity index is 1.62. The highest BCUT2D eigenvalue weighted by atomic mass is 32.1. The van der Waals surface area contributed by atoms with Crippen molar-refractivity contribution < 1.29 is 4.74 Å². The van der Waals surface area contributed by atoms with Gasteiger partial charge in [-0.15, -0.1) is 11.3 Å². The Morgan fingerprint density at radius 3 is 2.81 bits per heavy atom. The summed E-state index contributed by atoms with van der Waals surface area (Å²) in [4.78, 5) is 12.7. The third kappa shape index (κ3) is 7.60. The Bertz CT molecular complexity index is 538. The maximum atomic E-state index is 5.65. The number of aromatic nitrogens is 1. The molecule has 0 saturated carbocycles. The quantitative estimate of drug-likeness (QED) is 0.508. The van der Waals surface area contributed by atoms with Gasteiger partial charge in [0.15, 0.2) is 5.96 Å². The second kappa shape index (κ2) is 11.5. The van der Waals surface area contributed by atoms with Gasteiger partial charge in [0.05, 0.1) is 17.7 Å². The van der Waals surface area contributed by atoms with Crippen molar-refractivity contribution in [3.8, 4) is 0 Å². The van der Waals surface area contributed by atoms with Crippen LogP contribution in [0.4, 0.5) is 0 Å². The number of aliphatic imine (C=N–C) groups is 1. The lowest BCUT2D eigenvalue weighted by molar-refractivity contribution is 0.0532. The number of rotatable bonds is 9. The van der Waals surface area contributed by atoms with E-state index in [0.29, 0.717) is 12.1 Å². The van der Waals surface area contributed by atoms with E-state index in [1.807, 2.05) is 24.6 Å². The molecule has 1 aromatic heterocycles. The summed E-state index contributed by atoms with van der Waals surface area (Å²) in [6.07, 6.45) is 6.62. The van der Waals surface area contributed by atoms with E-state index in [9.17, 15) is 0 Å². The first-order valence-electron chi connectivity index (χ1n) is 9.85. The monoisotopic (exact) mass is 381 g/mol. The summed E-state index contributed by atoms with van der Waals surface area (Å²) in [5.74, 6) is 0.902. The zero-order valence-corrected chi connectivity index (χ0v) is 17.6. The van der Waals surface area contributed by atoms with Crippen LogP contribution in [-0.4, -0.2) is 67.8 Å². The Kier molecular flexibility index (Phi) is 9.36. The van der Waals surface area contributed by atoms with Crippen LogP contribution in [0.15, 0.2) is 11.2 Å². The standard InChI is InChI=1S/C19H35N5OS/c1-5-17-14-22-18(26-17)6-9-21-19(20-4)23-16-7-10-24(11-8-16)12-13-25-15(2)3/h14-16H,5-13H2,1-4H3,(H2,20,21,23). The molecule has 2 rings (SSSR count). The number of nitrogens with one attached hydrogen (secondary N) is 2. The minimum Gasteiger partial charge on any atom is -0.377 e. The highest BCUT2D eigenvalue weighted by molar-refractivity contribution is 7.11. The summed E-state index contributed by atoms with van der Waals surface area (Å²) < 4.78 is 5.65. The Morgan fingerprint density at radius 2 is 2.19 bits per heavy atom. The van der Waals surface area contributed by atoms with Crippen LogP contribution in [-0.2, 0) is 17.6 Å². The fourth-order valence-electron chi connectivity index (χ4n) is 3.02. The van der Waals surface area contributed by atoms with Crippen molar-refractivity contribution in [1.82, 2.24) is 20.5 Å². The zero-order valence-electron chi connectivity index (χ0n) is 16.8. The number of thiazole rings is 1. The van der Waals surface area contributed by atoms with Gasteiger partial charge in [-0.25, -0.2) is 4.98 Å². The van der Waals surface area contributed by atoms with E-state index in [0.717, 1.165) is 64.4 Å². The van der Waals surface area contributed by atoms with Crippen LogP contribution < -0.4 is 10.6 Å². The first kappa shape index (κ1) is 21.1. The van der Waals surface area contributed by atoms with Gasteiger partial charge in [-0.3, -0.25) is 4.99 Å². The number of piperidine rings is 1. The van der Waals surface area contributed by atoms with E-state index in [-0.39, 0.29) is 0 Å². The molecule has 0 atom stereocenters. The Hall–Kier alpha value is -1.18. The fourth-order valence-corrected chi connectivity index (χ4v) is 3.88. The number of nitrogens with zero attached hydrogens (tertiary/aromatic N) is 3. The van der Waals surface area contributed by atoms with Crippen LogP contribution in [0.3, 0.4) is 0 Å². The molecule has 1 aliphatic heterocycles. The molecule has 1 saturated heterocycles. The summed E-state index contributed by atoms with van der Waals surface area (Å²) >= 11 is 1.81. The van der Waals surface area contributed by atoms with E-state index in [4.69, 9.17) is 4.74 Å². The van der Waals surface area contributed by atoms with Crippen molar-refractivity contribution in [2.45, 2.75) is 58.6 Å². The molecule has 1 fully saturated rings. The number of ether oxygens (including phenoxy) is 1. The molecule has 6 nitrogen and oxygen atoms in total. The van der Waals surface area contributed by atoms with Gasteiger partial charge in [0.1, 0.15) is 0 Å². The number of aryl methyl sites for hydroxylation is 1. The van der Waals surface area contributed by atoms with Crippen LogP contribution in [0.5, 0.6) is 0 Å². The number of hydrogen-bond acceptors (Lipinski definition) is 5.